The van der Waals surface area contributed by atoms with Crippen molar-refractivity contribution in [2.24, 2.45) is 0 Å². The highest BCUT2D eigenvalue weighted by atomic mass is 19.2. The minimum Gasteiger partial charge on any atom is -0.397 e. The summed E-state index contributed by atoms with van der Waals surface area (Å²) in [4.78, 5) is 16.0. The van der Waals surface area contributed by atoms with Gasteiger partial charge in [0.1, 0.15) is 0 Å². The number of likely N-dealkylation sites (tertiary alicyclic amines) is 1. The molecule has 0 spiro atoms. The summed E-state index contributed by atoms with van der Waals surface area (Å²) in [6.07, 6.45) is 1.28. The Hall–Kier alpha value is -2.40. The number of amides is 1. The number of rotatable bonds is 3. The maximum atomic E-state index is 15.6. The average molecular weight is 340 g/mol. The van der Waals surface area contributed by atoms with Gasteiger partial charge in [-0.1, -0.05) is 48.5 Å². The van der Waals surface area contributed by atoms with Gasteiger partial charge in [0, 0.05) is 13.1 Å². The molecule has 2 aliphatic heterocycles. The molecule has 4 nitrogen and oxygen atoms in total. The van der Waals surface area contributed by atoms with Crippen LogP contribution in [0.2, 0.25) is 0 Å². The van der Waals surface area contributed by atoms with E-state index in [2.05, 4.69) is 0 Å². The van der Waals surface area contributed by atoms with Gasteiger partial charge in [0.2, 0.25) is 0 Å². The Balaban J connectivity index is 1.70. The van der Waals surface area contributed by atoms with E-state index in [0.717, 1.165) is 29.7 Å². The third-order valence-electron chi connectivity index (χ3n) is 4.92. The summed E-state index contributed by atoms with van der Waals surface area (Å²) < 4.78 is 21.0. The summed E-state index contributed by atoms with van der Waals surface area (Å²) in [6.45, 7) is 1.59. The number of carbonyl (C=O) groups is 1. The van der Waals surface area contributed by atoms with E-state index in [1.54, 1.807) is 4.90 Å². The summed E-state index contributed by atoms with van der Waals surface area (Å²) in [5, 5.41) is 0. The lowest BCUT2D eigenvalue weighted by molar-refractivity contribution is -0.196. The smallest absolute Gasteiger partial charge is 0.397 e. The minimum absolute atomic E-state index is 0.0558. The van der Waals surface area contributed by atoms with Crippen LogP contribution in [0.25, 0.3) is 0 Å². The molecule has 5 heteroatoms. The maximum Gasteiger partial charge on any atom is 0.418 e. The predicted molar refractivity (Wildman–Crippen MR) is 93.9 cm³/mol. The van der Waals surface area contributed by atoms with E-state index in [0.29, 0.717) is 19.6 Å². The molecule has 0 saturated carbocycles. The molecule has 0 N–H and O–H groups in total. The van der Waals surface area contributed by atoms with Gasteiger partial charge in [-0.25, -0.2) is 9.69 Å². The topological polar surface area (TPSA) is 32.8 Å². The third kappa shape index (κ3) is 3.12. The SMILES string of the molecule is O=C1OC(F)(N2CCCC2)Cc2ccccc2N1Cc1ccccc1. The van der Waals surface area contributed by atoms with Gasteiger partial charge < -0.3 is 4.74 Å². The summed E-state index contributed by atoms with van der Waals surface area (Å²) in [5.74, 6) is -2.07. The molecule has 4 rings (SSSR count). The Morgan fingerprint density at radius 2 is 1.68 bits per heavy atom. The van der Waals surface area contributed by atoms with Crippen LogP contribution in [0.5, 0.6) is 0 Å². The minimum atomic E-state index is -2.07. The molecular formula is C20H21FN2O2. The van der Waals surface area contributed by atoms with Gasteiger partial charge in [0.25, 0.3) is 0 Å². The number of hydrogen-bond donors (Lipinski definition) is 0. The van der Waals surface area contributed by atoms with E-state index in [1.165, 1.54) is 4.90 Å². The molecule has 1 atom stereocenters. The number of carbonyl (C=O) groups excluding carboxylic acids is 1. The quantitative estimate of drug-likeness (QED) is 0.789. The lowest BCUT2D eigenvalue weighted by Crippen LogP contribution is -2.49. The van der Waals surface area contributed by atoms with Gasteiger partial charge in [0.05, 0.1) is 18.7 Å². The van der Waals surface area contributed by atoms with E-state index >= 15 is 4.39 Å². The molecule has 1 unspecified atom stereocenters. The molecule has 2 aliphatic rings. The highest BCUT2D eigenvalue weighted by molar-refractivity contribution is 5.89. The Kier molecular flexibility index (Phi) is 4.17. The molecule has 0 radical (unpaired) electrons. The largest absolute Gasteiger partial charge is 0.418 e. The van der Waals surface area contributed by atoms with Gasteiger partial charge in [-0.2, -0.15) is 4.39 Å². The monoisotopic (exact) mass is 340 g/mol. The maximum absolute atomic E-state index is 15.6. The van der Waals surface area contributed by atoms with Crippen molar-refractivity contribution in [1.82, 2.24) is 4.90 Å². The summed E-state index contributed by atoms with van der Waals surface area (Å²) in [7, 11) is 0. The first-order valence-electron chi connectivity index (χ1n) is 8.72. The molecule has 2 aromatic carbocycles. The van der Waals surface area contributed by atoms with E-state index < -0.39 is 12.1 Å². The zero-order chi connectivity index (χ0) is 17.3. The first-order valence-corrected chi connectivity index (χ1v) is 8.72. The number of para-hydroxylation sites is 1. The zero-order valence-corrected chi connectivity index (χ0v) is 14.0. The number of benzene rings is 2. The van der Waals surface area contributed by atoms with Crippen molar-refractivity contribution in [1.29, 1.82) is 0 Å². The molecule has 130 valence electrons. The molecule has 0 bridgehead atoms. The number of nitrogens with zero attached hydrogens (tertiary/aromatic N) is 2. The second kappa shape index (κ2) is 6.48. The van der Waals surface area contributed by atoms with E-state index in [4.69, 9.17) is 4.74 Å². The summed E-state index contributed by atoms with van der Waals surface area (Å²) in [6, 6.07) is 17.1. The number of fused-ring (bicyclic) bond motifs is 1. The van der Waals surface area contributed by atoms with Crippen LogP contribution in [0, 0.1) is 0 Å². The number of ether oxygens (including phenoxy) is 1. The van der Waals surface area contributed by atoms with Crippen LogP contribution in [0.15, 0.2) is 54.6 Å². The standard InChI is InChI=1S/C20H21FN2O2/c21-20(22-12-6-7-13-22)14-17-10-4-5-11-18(17)23(19(24)25-20)15-16-8-2-1-3-9-16/h1-5,8-11H,6-7,12-15H2. The van der Waals surface area contributed by atoms with Crippen LogP contribution in [-0.4, -0.2) is 30.1 Å². The highest BCUT2D eigenvalue weighted by Gasteiger charge is 2.46. The first-order chi connectivity index (χ1) is 12.2. The highest BCUT2D eigenvalue weighted by Crippen LogP contribution is 2.36. The molecule has 1 amide bonds. The predicted octanol–water partition coefficient (Wildman–Crippen LogP) is 4.11. The number of halogens is 1. The Morgan fingerprint density at radius 3 is 2.44 bits per heavy atom. The Labute approximate surface area is 146 Å². The number of cyclic esters (lactones) is 1. The van der Waals surface area contributed by atoms with Gasteiger partial charge in [-0.05, 0) is 30.0 Å². The third-order valence-corrected chi connectivity index (χ3v) is 4.92. The van der Waals surface area contributed by atoms with Crippen molar-refractivity contribution in [2.45, 2.75) is 31.8 Å². The fourth-order valence-corrected chi connectivity index (χ4v) is 3.62. The van der Waals surface area contributed by atoms with E-state index in [1.807, 2.05) is 54.6 Å². The lowest BCUT2D eigenvalue weighted by Gasteiger charge is -2.32. The fourth-order valence-electron chi connectivity index (χ4n) is 3.62. The number of hydrogen-bond acceptors (Lipinski definition) is 3. The Morgan fingerprint density at radius 1 is 1.00 bits per heavy atom. The lowest BCUT2D eigenvalue weighted by atomic mass is 10.1. The molecule has 1 fully saturated rings. The van der Waals surface area contributed by atoms with Crippen LogP contribution in [0.4, 0.5) is 14.9 Å². The molecule has 0 aromatic heterocycles. The van der Waals surface area contributed by atoms with E-state index in [-0.39, 0.29) is 6.42 Å². The second-order valence-electron chi connectivity index (χ2n) is 6.63. The van der Waals surface area contributed by atoms with Crippen LogP contribution < -0.4 is 4.90 Å². The second-order valence-corrected chi connectivity index (χ2v) is 6.63. The zero-order valence-electron chi connectivity index (χ0n) is 14.0. The van der Waals surface area contributed by atoms with Gasteiger partial charge >= 0.3 is 12.1 Å². The van der Waals surface area contributed by atoms with E-state index in [9.17, 15) is 4.79 Å². The van der Waals surface area contributed by atoms with Crippen molar-refractivity contribution >= 4 is 11.8 Å². The van der Waals surface area contributed by atoms with Crippen LogP contribution in [0.3, 0.4) is 0 Å². The normalized spacial score (nSPS) is 23.9. The van der Waals surface area contributed by atoms with Gasteiger partial charge in [0.15, 0.2) is 0 Å². The molecule has 1 saturated heterocycles. The van der Waals surface area contributed by atoms with Crippen molar-refractivity contribution in [3.05, 3.63) is 65.7 Å². The van der Waals surface area contributed by atoms with Crippen LogP contribution in [-0.2, 0) is 17.7 Å². The van der Waals surface area contributed by atoms with Crippen molar-refractivity contribution < 1.29 is 13.9 Å². The molecule has 0 aliphatic carbocycles. The van der Waals surface area contributed by atoms with Gasteiger partial charge in [-0.15, -0.1) is 0 Å². The fraction of sp³-hybridized carbons (Fsp3) is 0.350. The van der Waals surface area contributed by atoms with Gasteiger partial charge in [-0.3, -0.25) is 4.90 Å². The van der Waals surface area contributed by atoms with Crippen molar-refractivity contribution in [2.75, 3.05) is 18.0 Å². The van der Waals surface area contributed by atoms with Crippen LogP contribution in [0.1, 0.15) is 24.0 Å². The molecule has 2 heterocycles. The number of anilines is 1. The van der Waals surface area contributed by atoms with Crippen LogP contribution >= 0.6 is 0 Å². The summed E-state index contributed by atoms with van der Waals surface area (Å²) in [5.41, 5.74) is 2.48. The summed E-state index contributed by atoms with van der Waals surface area (Å²) >= 11 is 0. The van der Waals surface area contributed by atoms with Crippen molar-refractivity contribution in [3.8, 4) is 0 Å². The molecule has 25 heavy (non-hydrogen) atoms. The first kappa shape index (κ1) is 16.1. The van der Waals surface area contributed by atoms with Crippen molar-refractivity contribution in [3.63, 3.8) is 0 Å². The number of alkyl halides is 1. The Bertz CT molecular complexity index is 761. The molecule has 2 aromatic rings. The molecular weight excluding hydrogens is 319 g/mol. The average Bonchev–Trinajstić information content (AvgIpc) is 3.13.